The van der Waals surface area contributed by atoms with Crippen molar-refractivity contribution in [3.05, 3.63) is 59.2 Å². The highest BCUT2D eigenvalue weighted by atomic mass is 14.4. The van der Waals surface area contributed by atoms with E-state index < -0.39 is 0 Å². The second-order valence-electron chi connectivity index (χ2n) is 5.57. The van der Waals surface area contributed by atoms with Crippen LogP contribution in [0.3, 0.4) is 0 Å². The van der Waals surface area contributed by atoms with Crippen LogP contribution in [-0.4, -0.2) is 0 Å². The lowest BCUT2D eigenvalue weighted by Crippen LogP contribution is -2.14. The summed E-state index contributed by atoms with van der Waals surface area (Å²) in [5.41, 5.74) is 6.32. The summed E-state index contributed by atoms with van der Waals surface area (Å²) in [6, 6.07) is 17.0. The fraction of sp³-hybridized carbons (Fsp3) is 0.211. The summed E-state index contributed by atoms with van der Waals surface area (Å²) >= 11 is 0. The van der Waals surface area contributed by atoms with Crippen molar-refractivity contribution in [2.45, 2.75) is 25.7 Å². The molecule has 96 valence electrons. The van der Waals surface area contributed by atoms with Gasteiger partial charge in [0.15, 0.2) is 0 Å². The minimum atomic E-state index is 0.0127. The first-order valence-corrected chi connectivity index (χ1v) is 6.75. The second kappa shape index (κ2) is 4.55. The zero-order chi connectivity index (χ0) is 14.2. The van der Waals surface area contributed by atoms with Crippen molar-refractivity contribution in [2.75, 3.05) is 0 Å². The van der Waals surface area contributed by atoms with E-state index in [1.54, 1.807) is 0 Å². The van der Waals surface area contributed by atoms with Gasteiger partial charge >= 0.3 is 0 Å². The lowest BCUT2D eigenvalue weighted by molar-refractivity contribution is 0.660. The third kappa shape index (κ3) is 1.80. The van der Waals surface area contributed by atoms with Gasteiger partial charge in [0.05, 0.1) is 12.5 Å². The Morgan fingerprint density at radius 3 is 2.55 bits per heavy atom. The molecule has 0 aliphatic heterocycles. The van der Waals surface area contributed by atoms with Crippen LogP contribution in [-0.2, 0) is 5.41 Å². The number of fused-ring (bicyclic) bond motifs is 3. The van der Waals surface area contributed by atoms with Crippen LogP contribution in [0.5, 0.6) is 0 Å². The molecule has 1 aliphatic carbocycles. The number of benzene rings is 2. The predicted molar refractivity (Wildman–Crippen MR) is 81.1 cm³/mol. The van der Waals surface area contributed by atoms with Crippen LogP contribution in [0, 0.1) is 23.2 Å². The first kappa shape index (κ1) is 12.5. The summed E-state index contributed by atoms with van der Waals surface area (Å²) in [4.78, 5) is 0. The normalized spacial score (nSPS) is 13.7. The highest BCUT2D eigenvalue weighted by Gasteiger charge is 2.34. The van der Waals surface area contributed by atoms with Gasteiger partial charge in [-0.15, -0.1) is 0 Å². The summed E-state index contributed by atoms with van der Waals surface area (Å²) < 4.78 is 0. The Morgan fingerprint density at radius 1 is 1.00 bits per heavy atom. The fourth-order valence-electron chi connectivity index (χ4n) is 2.97. The van der Waals surface area contributed by atoms with Crippen LogP contribution < -0.4 is 0 Å². The monoisotopic (exact) mass is 257 g/mol. The fourth-order valence-corrected chi connectivity index (χ4v) is 2.97. The topological polar surface area (TPSA) is 23.8 Å². The SMILES string of the molecule is CC1(C)c2ccccc2-c2ccc(C#CCC#N)cc21. The van der Waals surface area contributed by atoms with E-state index in [1.165, 1.54) is 22.3 Å². The molecule has 0 radical (unpaired) electrons. The summed E-state index contributed by atoms with van der Waals surface area (Å²) in [6.07, 6.45) is 0.278. The number of nitrogens with zero attached hydrogens (tertiary/aromatic N) is 1. The molecule has 0 N–H and O–H groups in total. The van der Waals surface area contributed by atoms with E-state index in [1.807, 2.05) is 12.1 Å². The molecule has 1 heteroatoms. The van der Waals surface area contributed by atoms with Crippen molar-refractivity contribution in [1.82, 2.24) is 0 Å². The summed E-state index contributed by atoms with van der Waals surface area (Å²) in [5, 5.41) is 8.55. The van der Waals surface area contributed by atoms with Crippen LogP contribution in [0.4, 0.5) is 0 Å². The molecule has 0 amide bonds. The Kier molecular flexibility index (Phi) is 2.85. The maximum absolute atomic E-state index is 8.55. The molecule has 0 spiro atoms. The molecule has 0 fully saturated rings. The van der Waals surface area contributed by atoms with Crippen molar-refractivity contribution in [1.29, 1.82) is 5.26 Å². The van der Waals surface area contributed by atoms with Crippen LogP contribution in [0.2, 0.25) is 0 Å². The molecule has 0 heterocycles. The molecule has 0 aromatic heterocycles. The van der Waals surface area contributed by atoms with Crippen molar-refractivity contribution in [3.63, 3.8) is 0 Å². The van der Waals surface area contributed by atoms with E-state index in [9.17, 15) is 0 Å². The molecular formula is C19H15N. The standard InChI is InChI=1S/C19H15N/c1-19(2)17-9-4-3-8-15(17)16-11-10-14(13-18(16)19)7-5-6-12-20/h3-4,8-11,13H,6H2,1-2H3. The third-order valence-corrected chi connectivity index (χ3v) is 3.98. The first-order chi connectivity index (χ1) is 9.64. The van der Waals surface area contributed by atoms with Gasteiger partial charge in [0.2, 0.25) is 0 Å². The van der Waals surface area contributed by atoms with Crippen LogP contribution in [0.25, 0.3) is 11.1 Å². The van der Waals surface area contributed by atoms with Gasteiger partial charge in [-0.3, -0.25) is 0 Å². The van der Waals surface area contributed by atoms with Crippen molar-refractivity contribution in [2.24, 2.45) is 0 Å². The molecule has 20 heavy (non-hydrogen) atoms. The van der Waals surface area contributed by atoms with Crippen molar-refractivity contribution < 1.29 is 0 Å². The first-order valence-electron chi connectivity index (χ1n) is 6.75. The predicted octanol–water partition coefficient (Wildman–Crippen LogP) is 4.26. The molecule has 1 nitrogen and oxygen atoms in total. The largest absolute Gasteiger partial charge is 0.197 e. The average molecular weight is 257 g/mol. The van der Waals surface area contributed by atoms with Gasteiger partial charge < -0.3 is 0 Å². The Bertz CT molecular complexity index is 779. The molecule has 0 saturated carbocycles. The summed E-state index contributed by atoms with van der Waals surface area (Å²) in [5.74, 6) is 5.95. The average Bonchev–Trinajstić information content (AvgIpc) is 2.69. The zero-order valence-electron chi connectivity index (χ0n) is 11.7. The van der Waals surface area contributed by atoms with Crippen molar-refractivity contribution in [3.8, 4) is 29.0 Å². The molecule has 0 unspecified atom stereocenters. The maximum atomic E-state index is 8.55. The lowest BCUT2D eigenvalue weighted by Gasteiger charge is -2.21. The zero-order valence-corrected chi connectivity index (χ0v) is 11.7. The second-order valence-corrected chi connectivity index (χ2v) is 5.57. The Labute approximate surface area is 119 Å². The molecule has 2 aromatic carbocycles. The molecular weight excluding hydrogens is 242 g/mol. The van der Waals surface area contributed by atoms with E-state index in [-0.39, 0.29) is 11.8 Å². The highest BCUT2D eigenvalue weighted by Crippen LogP contribution is 2.48. The Hall–Kier alpha value is -2.51. The van der Waals surface area contributed by atoms with E-state index >= 15 is 0 Å². The quantitative estimate of drug-likeness (QED) is 0.647. The van der Waals surface area contributed by atoms with E-state index in [0.717, 1.165) is 5.56 Å². The minimum Gasteiger partial charge on any atom is -0.197 e. The van der Waals surface area contributed by atoms with E-state index in [0.29, 0.717) is 0 Å². The van der Waals surface area contributed by atoms with E-state index in [2.05, 4.69) is 62.1 Å². The van der Waals surface area contributed by atoms with E-state index in [4.69, 9.17) is 5.26 Å². The summed E-state index contributed by atoms with van der Waals surface area (Å²) in [6.45, 7) is 4.51. The third-order valence-electron chi connectivity index (χ3n) is 3.98. The summed E-state index contributed by atoms with van der Waals surface area (Å²) in [7, 11) is 0. The number of hydrogen-bond donors (Lipinski definition) is 0. The van der Waals surface area contributed by atoms with Gasteiger partial charge in [0, 0.05) is 11.0 Å². The van der Waals surface area contributed by atoms with Gasteiger partial charge in [-0.1, -0.05) is 56.0 Å². The lowest BCUT2D eigenvalue weighted by atomic mass is 9.82. The van der Waals surface area contributed by atoms with Gasteiger partial charge in [0.25, 0.3) is 0 Å². The number of hydrogen-bond acceptors (Lipinski definition) is 1. The minimum absolute atomic E-state index is 0.0127. The van der Waals surface area contributed by atoms with Crippen molar-refractivity contribution >= 4 is 0 Å². The molecule has 0 bridgehead atoms. The smallest absolute Gasteiger partial charge is 0.0966 e. The van der Waals surface area contributed by atoms with Gasteiger partial charge in [0.1, 0.15) is 0 Å². The van der Waals surface area contributed by atoms with Gasteiger partial charge in [-0.2, -0.15) is 5.26 Å². The van der Waals surface area contributed by atoms with Crippen LogP contribution in [0.1, 0.15) is 37.0 Å². The highest BCUT2D eigenvalue weighted by molar-refractivity contribution is 5.81. The van der Waals surface area contributed by atoms with Crippen LogP contribution in [0.15, 0.2) is 42.5 Å². The molecule has 2 aromatic rings. The Morgan fingerprint density at radius 2 is 1.75 bits per heavy atom. The number of rotatable bonds is 0. The molecule has 0 atom stereocenters. The number of nitriles is 1. The van der Waals surface area contributed by atoms with Gasteiger partial charge in [-0.25, -0.2) is 0 Å². The Balaban J connectivity index is 2.14. The molecule has 1 aliphatic rings. The molecule has 0 saturated heterocycles. The molecule has 3 rings (SSSR count). The maximum Gasteiger partial charge on any atom is 0.0966 e. The van der Waals surface area contributed by atoms with Crippen LogP contribution >= 0.6 is 0 Å². The van der Waals surface area contributed by atoms with Gasteiger partial charge in [-0.05, 0) is 34.4 Å².